The van der Waals surface area contributed by atoms with Crippen LogP contribution in [0.25, 0.3) is 10.4 Å². The van der Waals surface area contributed by atoms with E-state index in [9.17, 15) is 10.1 Å². The highest BCUT2D eigenvalue weighted by atomic mass is 17.0. The summed E-state index contributed by atoms with van der Waals surface area (Å²) in [5.74, 6) is 0.159. The van der Waals surface area contributed by atoms with Gasteiger partial charge in [-0.15, -0.1) is 10.1 Å². The Morgan fingerprint density at radius 2 is 2.33 bits per heavy atom. The first-order valence-corrected chi connectivity index (χ1v) is 4.53. The van der Waals surface area contributed by atoms with Gasteiger partial charge in [0, 0.05) is 4.91 Å². The molecule has 0 radical (unpaired) electrons. The summed E-state index contributed by atoms with van der Waals surface area (Å²) in [6.07, 6.45) is -1.10. The van der Waals surface area contributed by atoms with Crippen LogP contribution < -0.4 is 0 Å². The molecule has 8 nitrogen and oxygen atoms in total. The van der Waals surface area contributed by atoms with Crippen LogP contribution in [0.15, 0.2) is 5.11 Å². The maximum absolute atomic E-state index is 10.2. The van der Waals surface area contributed by atoms with Gasteiger partial charge in [-0.25, -0.2) is 0 Å². The summed E-state index contributed by atoms with van der Waals surface area (Å²) in [5.41, 5.74) is 8.35. The van der Waals surface area contributed by atoms with Crippen LogP contribution in [0.4, 0.5) is 0 Å². The lowest BCUT2D eigenvalue weighted by atomic mass is 9.87. The van der Waals surface area contributed by atoms with Crippen LogP contribution in [-0.4, -0.2) is 24.0 Å². The third-order valence-corrected chi connectivity index (χ3v) is 2.61. The van der Waals surface area contributed by atoms with Crippen molar-refractivity contribution in [2.75, 3.05) is 6.61 Å². The molecule has 84 valence electrons. The van der Waals surface area contributed by atoms with Gasteiger partial charge in [-0.2, -0.15) is 0 Å². The molecule has 1 saturated heterocycles. The second-order valence-corrected chi connectivity index (χ2v) is 3.56. The van der Waals surface area contributed by atoms with Crippen LogP contribution in [0.3, 0.4) is 0 Å². The van der Waals surface area contributed by atoms with Crippen LogP contribution in [-0.2, 0) is 9.57 Å². The first-order valence-electron chi connectivity index (χ1n) is 4.53. The topological polar surface area (TPSA) is 110 Å². The molecular formula is C7H12N4O4. The van der Waals surface area contributed by atoms with E-state index < -0.39 is 17.4 Å². The molecule has 1 aliphatic rings. The van der Waals surface area contributed by atoms with E-state index in [1.807, 2.05) is 13.8 Å². The van der Waals surface area contributed by atoms with Gasteiger partial charge >= 0.3 is 0 Å². The molecule has 1 heterocycles. The minimum Gasteiger partial charge on any atom is -0.352 e. The third kappa shape index (κ3) is 2.71. The van der Waals surface area contributed by atoms with Crippen molar-refractivity contribution in [1.82, 2.24) is 0 Å². The quantitative estimate of drug-likeness (QED) is 0.234. The fourth-order valence-corrected chi connectivity index (χ4v) is 1.48. The maximum atomic E-state index is 10.2. The normalized spacial score (nSPS) is 35.3. The molecule has 0 aromatic heterocycles. The summed E-state index contributed by atoms with van der Waals surface area (Å²) in [6, 6.07) is -0.663. The highest BCUT2D eigenvalue weighted by Crippen LogP contribution is 2.28. The lowest BCUT2D eigenvalue weighted by molar-refractivity contribution is -0.782. The van der Waals surface area contributed by atoms with Crippen LogP contribution in [0.1, 0.15) is 13.8 Å². The van der Waals surface area contributed by atoms with Crippen molar-refractivity contribution in [3.63, 3.8) is 0 Å². The van der Waals surface area contributed by atoms with E-state index in [0.717, 1.165) is 0 Å². The lowest BCUT2D eigenvalue weighted by Crippen LogP contribution is -2.45. The second-order valence-electron chi connectivity index (χ2n) is 3.56. The summed E-state index contributed by atoms with van der Waals surface area (Å²) in [6.45, 7) is 4.13. The van der Waals surface area contributed by atoms with Crippen molar-refractivity contribution in [2.45, 2.75) is 26.2 Å². The molecule has 0 aromatic carbocycles. The number of hydrogen-bond donors (Lipinski definition) is 0. The molecule has 0 bridgehead atoms. The molecule has 0 amide bonds. The van der Waals surface area contributed by atoms with Gasteiger partial charge in [0.1, 0.15) is 0 Å². The number of hydrogen-bond acceptors (Lipinski definition) is 5. The first kappa shape index (κ1) is 11.5. The van der Waals surface area contributed by atoms with Gasteiger partial charge in [0.05, 0.1) is 12.6 Å². The van der Waals surface area contributed by atoms with E-state index >= 15 is 0 Å². The largest absolute Gasteiger partial charge is 0.352 e. The zero-order valence-corrected chi connectivity index (χ0v) is 8.44. The maximum Gasteiger partial charge on any atom is 0.297 e. The Hall–Kier alpha value is -1.53. The molecular weight excluding hydrogens is 204 g/mol. The van der Waals surface area contributed by atoms with Gasteiger partial charge in [-0.1, -0.05) is 19.0 Å². The Balaban J connectivity index is 2.76. The molecule has 1 aliphatic heterocycles. The Morgan fingerprint density at radius 3 is 2.87 bits per heavy atom. The third-order valence-electron chi connectivity index (χ3n) is 2.61. The van der Waals surface area contributed by atoms with Gasteiger partial charge in [0.15, 0.2) is 0 Å². The van der Waals surface area contributed by atoms with Crippen molar-refractivity contribution >= 4 is 0 Å². The highest BCUT2D eigenvalue weighted by Gasteiger charge is 2.37. The number of rotatable bonds is 3. The molecule has 8 heteroatoms. The molecule has 0 N–H and O–H groups in total. The number of ether oxygens (including phenoxy) is 1. The lowest BCUT2D eigenvalue weighted by Gasteiger charge is -2.36. The molecule has 0 aliphatic carbocycles. The van der Waals surface area contributed by atoms with Crippen LogP contribution >= 0.6 is 0 Å². The molecule has 4 unspecified atom stereocenters. The van der Waals surface area contributed by atoms with Gasteiger partial charge in [-0.3, -0.25) is 4.84 Å². The van der Waals surface area contributed by atoms with Crippen molar-refractivity contribution in [3.8, 4) is 0 Å². The predicted molar refractivity (Wildman–Crippen MR) is 49.1 cm³/mol. The van der Waals surface area contributed by atoms with Crippen LogP contribution in [0.2, 0.25) is 0 Å². The predicted octanol–water partition coefficient (Wildman–Crippen LogP) is 1.50. The summed E-state index contributed by atoms with van der Waals surface area (Å²) >= 11 is 0. The zero-order chi connectivity index (χ0) is 11.4. The van der Waals surface area contributed by atoms with Gasteiger partial charge < -0.3 is 4.74 Å². The highest BCUT2D eigenvalue weighted by molar-refractivity contribution is 4.84. The van der Waals surface area contributed by atoms with Gasteiger partial charge in [0.25, 0.3) is 5.09 Å². The summed E-state index contributed by atoms with van der Waals surface area (Å²) < 4.78 is 5.11. The smallest absolute Gasteiger partial charge is 0.297 e. The average molecular weight is 216 g/mol. The Bertz CT molecular complexity index is 291. The fraction of sp³-hybridized carbons (Fsp3) is 1.00. The van der Waals surface area contributed by atoms with E-state index in [2.05, 4.69) is 14.9 Å². The van der Waals surface area contributed by atoms with Gasteiger partial charge in [0.2, 0.25) is 6.29 Å². The molecule has 0 spiro atoms. The van der Waals surface area contributed by atoms with Crippen molar-refractivity contribution in [3.05, 3.63) is 20.6 Å². The zero-order valence-electron chi connectivity index (χ0n) is 8.44. The van der Waals surface area contributed by atoms with E-state index in [0.29, 0.717) is 6.61 Å². The fourth-order valence-electron chi connectivity index (χ4n) is 1.48. The first-order chi connectivity index (χ1) is 7.06. The summed E-state index contributed by atoms with van der Waals surface area (Å²) in [5, 5.41) is 12.7. The molecule has 1 rings (SSSR count). The Kier molecular flexibility index (Phi) is 3.70. The summed E-state index contributed by atoms with van der Waals surface area (Å²) in [7, 11) is 0. The van der Waals surface area contributed by atoms with E-state index in [1.54, 1.807) is 0 Å². The number of azide groups is 1. The molecule has 0 saturated carbocycles. The Morgan fingerprint density at radius 1 is 1.67 bits per heavy atom. The molecule has 15 heavy (non-hydrogen) atoms. The molecule has 4 atom stereocenters. The van der Waals surface area contributed by atoms with Gasteiger partial charge in [-0.05, 0) is 17.4 Å². The minimum absolute atomic E-state index is 0.0143. The minimum atomic E-state index is -1.10. The van der Waals surface area contributed by atoms with E-state index in [-0.39, 0.29) is 11.8 Å². The number of nitrogens with zero attached hydrogens (tertiary/aromatic N) is 4. The Labute approximate surface area is 85.9 Å². The monoisotopic (exact) mass is 216 g/mol. The summed E-state index contributed by atoms with van der Waals surface area (Å²) in [4.78, 5) is 17.1. The van der Waals surface area contributed by atoms with E-state index in [4.69, 9.17) is 10.3 Å². The molecule has 1 fully saturated rings. The van der Waals surface area contributed by atoms with Crippen LogP contribution in [0, 0.1) is 22.0 Å². The van der Waals surface area contributed by atoms with Crippen LogP contribution in [0.5, 0.6) is 0 Å². The second kappa shape index (κ2) is 4.81. The SMILES string of the molecule is CC1COC(O[N+](=O)[O-])C(N=[N+]=[N-])C1C. The van der Waals surface area contributed by atoms with Crippen molar-refractivity contribution in [1.29, 1.82) is 0 Å². The van der Waals surface area contributed by atoms with Crippen molar-refractivity contribution < 1.29 is 14.7 Å². The van der Waals surface area contributed by atoms with E-state index in [1.165, 1.54) is 0 Å². The van der Waals surface area contributed by atoms with Crippen molar-refractivity contribution in [2.24, 2.45) is 17.0 Å². The molecule has 0 aromatic rings. The standard InChI is InChI=1S/C7H12N4O4/c1-4-3-14-7(15-11(12)13)6(5(4)2)9-10-8/h4-7H,3H2,1-2H3. The average Bonchev–Trinajstić information content (AvgIpc) is 2.17.